The number of halogens is 2. The highest BCUT2D eigenvalue weighted by atomic mass is 79.9. The van der Waals surface area contributed by atoms with E-state index in [0.29, 0.717) is 16.4 Å². The Kier molecular flexibility index (Phi) is 2.71. The van der Waals surface area contributed by atoms with Gasteiger partial charge in [-0.2, -0.15) is 0 Å². The summed E-state index contributed by atoms with van der Waals surface area (Å²) >= 11 is 9.21. The average Bonchev–Trinajstić information content (AvgIpc) is 2.49. The summed E-state index contributed by atoms with van der Waals surface area (Å²) < 4.78 is 5.87. The lowest BCUT2D eigenvalue weighted by atomic mass is 10.1. The summed E-state index contributed by atoms with van der Waals surface area (Å²) in [6.45, 7) is 1.83. The summed E-state index contributed by atoms with van der Waals surface area (Å²) in [6, 6.07) is 5.27. The van der Waals surface area contributed by atoms with E-state index in [9.17, 15) is 0 Å². The molecule has 0 saturated heterocycles. The van der Waals surface area contributed by atoms with Crippen LogP contribution in [-0.2, 0) is 0 Å². The normalized spacial score (nSPS) is 10.6. The number of aromatic nitrogens is 1. The maximum Gasteiger partial charge on any atom is 0.148 e. The van der Waals surface area contributed by atoms with Crippen molar-refractivity contribution < 1.29 is 4.52 Å². The lowest BCUT2D eigenvalue weighted by Crippen LogP contribution is -1.90. The van der Waals surface area contributed by atoms with E-state index in [2.05, 4.69) is 21.1 Å². The number of benzene rings is 1. The van der Waals surface area contributed by atoms with Gasteiger partial charge in [-0.05, 0) is 41.1 Å². The third-order valence-electron chi connectivity index (χ3n) is 2.06. The molecule has 15 heavy (non-hydrogen) atoms. The Labute approximate surface area is 100 Å². The molecule has 0 aliphatic carbocycles. The second-order valence-corrected chi connectivity index (χ2v) is 4.36. The molecule has 0 aliphatic rings. The maximum absolute atomic E-state index is 5.84. The first kappa shape index (κ1) is 10.5. The van der Waals surface area contributed by atoms with Crippen LogP contribution in [0.5, 0.6) is 0 Å². The van der Waals surface area contributed by atoms with E-state index in [1.54, 1.807) is 12.1 Å². The van der Waals surface area contributed by atoms with Gasteiger partial charge in [0.1, 0.15) is 11.5 Å². The van der Waals surface area contributed by atoms with Gasteiger partial charge in [-0.1, -0.05) is 16.8 Å². The van der Waals surface area contributed by atoms with Crippen LogP contribution in [0.1, 0.15) is 5.76 Å². The predicted molar refractivity (Wildman–Crippen MR) is 63.8 cm³/mol. The van der Waals surface area contributed by atoms with Crippen LogP contribution in [0, 0.1) is 6.92 Å². The minimum atomic E-state index is 0.580. The predicted octanol–water partition coefficient (Wildman–Crippen LogP) is 3.65. The van der Waals surface area contributed by atoms with Gasteiger partial charge in [-0.25, -0.2) is 0 Å². The van der Waals surface area contributed by atoms with Crippen LogP contribution in [0.15, 0.2) is 27.2 Å². The standard InChI is InChI=1S/C10H8BrClN2O/c1-5-9(11)10(14-15-5)7-3-2-6(12)4-8(7)13/h2-4H,13H2,1H3. The first-order chi connectivity index (χ1) is 7.09. The van der Waals surface area contributed by atoms with Crippen molar-refractivity contribution in [3.05, 3.63) is 33.5 Å². The number of aryl methyl sites for hydroxylation is 1. The maximum atomic E-state index is 5.84. The third-order valence-corrected chi connectivity index (χ3v) is 3.23. The third kappa shape index (κ3) is 1.87. The number of hydrogen-bond donors (Lipinski definition) is 1. The summed E-state index contributed by atoms with van der Waals surface area (Å²) in [7, 11) is 0. The summed E-state index contributed by atoms with van der Waals surface area (Å²) in [5, 5.41) is 4.54. The molecule has 2 rings (SSSR count). The molecule has 5 heteroatoms. The van der Waals surface area contributed by atoms with Gasteiger partial charge in [-0.15, -0.1) is 0 Å². The molecule has 78 valence electrons. The molecular formula is C10H8BrClN2O. The molecule has 1 aromatic carbocycles. The zero-order valence-electron chi connectivity index (χ0n) is 7.92. The van der Waals surface area contributed by atoms with Gasteiger partial charge >= 0.3 is 0 Å². The Balaban J connectivity index is 2.59. The van der Waals surface area contributed by atoms with E-state index >= 15 is 0 Å². The summed E-state index contributed by atoms with van der Waals surface area (Å²) in [5.41, 5.74) is 7.93. The van der Waals surface area contributed by atoms with E-state index in [1.165, 1.54) is 0 Å². The quantitative estimate of drug-likeness (QED) is 0.815. The second kappa shape index (κ2) is 3.87. The van der Waals surface area contributed by atoms with E-state index in [4.69, 9.17) is 21.9 Å². The second-order valence-electron chi connectivity index (χ2n) is 3.13. The van der Waals surface area contributed by atoms with Crippen molar-refractivity contribution >= 4 is 33.2 Å². The van der Waals surface area contributed by atoms with Gasteiger partial charge in [0, 0.05) is 16.3 Å². The molecule has 2 N–H and O–H groups in total. The molecule has 0 atom stereocenters. The summed E-state index contributed by atoms with van der Waals surface area (Å²) in [6.07, 6.45) is 0. The van der Waals surface area contributed by atoms with E-state index in [1.807, 2.05) is 13.0 Å². The Morgan fingerprint density at radius 3 is 2.73 bits per heavy atom. The lowest BCUT2D eigenvalue weighted by molar-refractivity contribution is 0.399. The molecule has 0 unspecified atom stereocenters. The van der Waals surface area contributed by atoms with Gasteiger partial charge in [0.25, 0.3) is 0 Å². The molecule has 1 heterocycles. The minimum absolute atomic E-state index is 0.580. The van der Waals surface area contributed by atoms with Crippen LogP contribution >= 0.6 is 27.5 Å². The van der Waals surface area contributed by atoms with E-state index in [0.717, 1.165) is 15.8 Å². The number of hydrogen-bond acceptors (Lipinski definition) is 3. The fourth-order valence-electron chi connectivity index (χ4n) is 1.28. The molecule has 0 radical (unpaired) electrons. The van der Waals surface area contributed by atoms with Crippen molar-refractivity contribution in [1.82, 2.24) is 5.16 Å². The van der Waals surface area contributed by atoms with Crippen molar-refractivity contribution in [2.45, 2.75) is 6.92 Å². The summed E-state index contributed by atoms with van der Waals surface area (Å²) in [5.74, 6) is 0.722. The van der Waals surface area contributed by atoms with Gasteiger partial charge < -0.3 is 10.3 Å². The highest BCUT2D eigenvalue weighted by molar-refractivity contribution is 9.10. The number of anilines is 1. The minimum Gasteiger partial charge on any atom is -0.398 e. The van der Waals surface area contributed by atoms with Crippen LogP contribution in [0.2, 0.25) is 5.02 Å². The van der Waals surface area contributed by atoms with E-state index < -0.39 is 0 Å². The largest absolute Gasteiger partial charge is 0.398 e. The molecule has 2 aromatic rings. The Morgan fingerprint density at radius 2 is 2.20 bits per heavy atom. The van der Waals surface area contributed by atoms with Crippen molar-refractivity contribution in [3.63, 3.8) is 0 Å². The average molecular weight is 288 g/mol. The first-order valence-corrected chi connectivity index (χ1v) is 5.44. The fraction of sp³-hybridized carbons (Fsp3) is 0.100. The molecule has 0 bridgehead atoms. The monoisotopic (exact) mass is 286 g/mol. The van der Waals surface area contributed by atoms with Crippen LogP contribution in [0.3, 0.4) is 0 Å². The molecule has 0 aliphatic heterocycles. The highest BCUT2D eigenvalue weighted by Gasteiger charge is 2.14. The van der Waals surface area contributed by atoms with Gasteiger partial charge in [-0.3, -0.25) is 0 Å². The number of nitrogens with two attached hydrogens (primary N) is 1. The Bertz CT molecular complexity index is 510. The number of nitrogens with zero attached hydrogens (tertiary/aromatic N) is 1. The fourth-order valence-corrected chi connectivity index (χ4v) is 1.82. The number of nitrogen functional groups attached to an aromatic ring is 1. The van der Waals surface area contributed by atoms with Crippen molar-refractivity contribution in [1.29, 1.82) is 0 Å². The van der Waals surface area contributed by atoms with Gasteiger partial charge in [0.2, 0.25) is 0 Å². The smallest absolute Gasteiger partial charge is 0.148 e. The van der Waals surface area contributed by atoms with Crippen LogP contribution in [0.4, 0.5) is 5.69 Å². The lowest BCUT2D eigenvalue weighted by Gasteiger charge is -2.02. The Hall–Kier alpha value is -1.00. The molecule has 0 fully saturated rings. The molecule has 0 amide bonds. The van der Waals surface area contributed by atoms with Gasteiger partial charge in [0.15, 0.2) is 0 Å². The molecule has 0 saturated carbocycles. The summed E-state index contributed by atoms with van der Waals surface area (Å²) in [4.78, 5) is 0. The number of rotatable bonds is 1. The first-order valence-electron chi connectivity index (χ1n) is 4.26. The van der Waals surface area contributed by atoms with Crippen LogP contribution in [0.25, 0.3) is 11.3 Å². The highest BCUT2D eigenvalue weighted by Crippen LogP contribution is 2.34. The van der Waals surface area contributed by atoms with Crippen LogP contribution < -0.4 is 5.73 Å². The molecule has 1 aromatic heterocycles. The Morgan fingerprint density at radius 1 is 1.47 bits per heavy atom. The van der Waals surface area contributed by atoms with Crippen molar-refractivity contribution in [2.24, 2.45) is 0 Å². The zero-order valence-corrected chi connectivity index (χ0v) is 10.3. The molecular weight excluding hydrogens is 279 g/mol. The van der Waals surface area contributed by atoms with Gasteiger partial charge in [0.05, 0.1) is 4.47 Å². The van der Waals surface area contributed by atoms with E-state index in [-0.39, 0.29) is 0 Å². The molecule has 3 nitrogen and oxygen atoms in total. The topological polar surface area (TPSA) is 52.0 Å². The zero-order chi connectivity index (χ0) is 11.0. The molecule has 0 spiro atoms. The van der Waals surface area contributed by atoms with Crippen molar-refractivity contribution in [3.8, 4) is 11.3 Å². The SMILES string of the molecule is Cc1onc(-c2ccc(Cl)cc2N)c1Br. The van der Waals surface area contributed by atoms with Crippen molar-refractivity contribution in [2.75, 3.05) is 5.73 Å². The van der Waals surface area contributed by atoms with Crippen LogP contribution in [-0.4, -0.2) is 5.16 Å².